The molecule has 0 radical (unpaired) electrons. The van der Waals surface area contributed by atoms with Crippen molar-refractivity contribution in [2.24, 2.45) is 5.41 Å². The van der Waals surface area contributed by atoms with Gasteiger partial charge in [-0.25, -0.2) is 9.97 Å². The lowest BCUT2D eigenvalue weighted by Gasteiger charge is -2.50. The van der Waals surface area contributed by atoms with Crippen molar-refractivity contribution in [3.8, 4) is 17.3 Å². The van der Waals surface area contributed by atoms with Crippen LogP contribution in [0.1, 0.15) is 56.1 Å². The summed E-state index contributed by atoms with van der Waals surface area (Å²) in [7, 11) is 0. The van der Waals surface area contributed by atoms with Crippen molar-refractivity contribution in [2.75, 3.05) is 18.5 Å². The van der Waals surface area contributed by atoms with Gasteiger partial charge in [-0.1, -0.05) is 26.0 Å². The van der Waals surface area contributed by atoms with Crippen LogP contribution in [0, 0.1) is 23.7 Å². The smallest absolute Gasteiger partial charge is 0.252 e. The van der Waals surface area contributed by atoms with Crippen molar-refractivity contribution >= 4 is 17.5 Å². The zero-order chi connectivity index (χ0) is 25.2. The topological polar surface area (TPSA) is 118 Å². The first-order valence-electron chi connectivity index (χ1n) is 11.7. The molecule has 3 aromatic rings. The van der Waals surface area contributed by atoms with Gasteiger partial charge in [-0.05, 0) is 44.9 Å². The van der Waals surface area contributed by atoms with E-state index in [2.05, 4.69) is 48.4 Å². The molecule has 1 atom stereocenters. The Morgan fingerprint density at radius 1 is 1.23 bits per heavy atom. The van der Waals surface area contributed by atoms with Gasteiger partial charge in [0.2, 0.25) is 5.95 Å². The third-order valence-electron chi connectivity index (χ3n) is 7.14. The molecule has 2 aromatic heterocycles. The van der Waals surface area contributed by atoms with Crippen LogP contribution in [0.4, 0.5) is 11.6 Å². The molecule has 1 aliphatic rings. The Hall–Kier alpha value is -3.77. The zero-order valence-corrected chi connectivity index (χ0v) is 20.8. The van der Waals surface area contributed by atoms with E-state index in [4.69, 9.17) is 15.0 Å². The fourth-order valence-electron chi connectivity index (χ4n) is 4.33. The molecule has 1 amide bonds. The molecule has 3 heterocycles. The van der Waals surface area contributed by atoms with Crippen molar-refractivity contribution in [3.63, 3.8) is 0 Å². The second-order valence-electron chi connectivity index (χ2n) is 9.86. The molecule has 9 nitrogen and oxygen atoms in total. The molecule has 1 unspecified atom stereocenters. The summed E-state index contributed by atoms with van der Waals surface area (Å²) in [6.07, 6.45) is 6.45. The summed E-state index contributed by atoms with van der Waals surface area (Å²) in [5, 5.41) is 19.1. The second kappa shape index (κ2) is 9.47. The number of amides is 1. The maximum atomic E-state index is 12.1. The van der Waals surface area contributed by atoms with Crippen LogP contribution < -0.4 is 10.6 Å². The zero-order valence-electron chi connectivity index (χ0n) is 20.8. The Bertz CT molecular complexity index is 1260. The number of carbonyl (C=O) groups is 1. The van der Waals surface area contributed by atoms with Gasteiger partial charge in [0, 0.05) is 35.5 Å². The lowest BCUT2D eigenvalue weighted by atomic mass is 9.69. The lowest BCUT2D eigenvalue weighted by molar-refractivity contribution is -0.160. The highest BCUT2D eigenvalue weighted by atomic mass is 16.5. The quantitative estimate of drug-likeness (QED) is 0.509. The first kappa shape index (κ1) is 24.4. The number of hydrogen-bond donors (Lipinski definition) is 2. The summed E-state index contributed by atoms with van der Waals surface area (Å²) >= 11 is 0. The largest absolute Gasteiger partial charge is 0.375 e. The van der Waals surface area contributed by atoms with Crippen LogP contribution >= 0.6 is 0 Å². The third-order valence-corrected chi connectivity index (χ3v) is 7.14. The monoisotopic (exact) mass is 473 g/mol. The summed E-state index contributed by atoms with van der Waals surface area (Å²) in [6.45, 7) is 11.3. The SMILES string of the molecule is Cc1cnc(Nc2cnn(C3CCOC(C)(C)C3(C)C)c2)nc1-c1ccc(C(=O)NCC#N)cc1. The molecule has 1 saturated heterocycles. The van der Waals surface area contributed by atoms with Crippen LogP contribution in [0.25, 0.3) is 11.3 Å². The fraction of sp³-hybridized carbons (Fsp3) is 0.423. The highest BCUT2D eigenvalue weighted by Gasteiger charge is 2.48. The van der Waals surface area contributed by atoms with E-state index < -0.39 is 0 Å². The summed E-state index contributed by atoms with van der Waals surface area (Å²) in [6, 6.07) is 9.23. The molecule has 0 saturated carbocycles. The molecule has 2 N–H and O–H groups in total. The number of aromatic nitrogens is 4. The van der Waals surface area contributed by atoms with Crippen LogP contribution in [-0.2, 0) is 4.74 Å². The van der Waals surface area contributed by atoms with Crippen molar-refractivity contribution in [1.29, 1.82) is 5.26 Å². The predicted octanol–water partition coefficient (Wildman–Crippen LogP) is 4.41. The fourth-order valence-corrected chi connectivity index (χ4v) is 4.33. The number of rotatable bonds is 6. The van der Waals surface area contributed by atoms with Gasteiger partial charge < -0.3 is 15.4 Å². The Kier molecular flexibility index (Phi) is 6.59. The molecular formula is C26H31N7O2. The van der Waals surface area contributed by atoms with Crippen LogP contribution in [-0.4, -0.2) is 44.4 Å². The maximum Gasteiger partial charge on any atom is 0.252 e. The number of hydrogen-bond acceptors (Lipinski definition) is 7. The number of nitrogens with one attached hydrogen (secondary N) is 2. The van der Waals surface area contributed by atoms with Gasteiger partial charge in [0.05, 0.1) is 35.3 Å². The number of nitriles is 1. The van der Waals surface area contributed by atoms with Gasteiger partial charge in [0.15, 0.2) is 0 Å². The van der Waals surface area contributed by atoms with Crippen LogP contribution in [0.5, 0.6) is 0 Å². The van der Waals surface area contributed by atoms with E-state index in [1.165, 1.54) is 0 Å². The van der Waals surface area contributed by atoms with Crippen molar-refractivity contribution < 1.29 is 9.53 Å². The predicted molar refractivity (Wildman–Crippen MR) is 133 cm³/mol. The molecule has 1 aliphatic heterocycles. The van der Waals surface area contributed by atoms with E-state index >= 15 is 0 Å². The van der Waals surface area contributed by atoms with Gasteiger partial charge in [-0.3, -0.25) is 9.48 Å². The van der Waals surface area contributed by atoms with Crippen LogP contribution in [0.15, 0.2) is 42.9 Å². The van der Waals surface area contributed by atoms with Crippen molar-refractivity contribution in [1.82, 2.24) is 25.1 Å². The van der Waals surface area contributed by atoms with E-state index in [9.17, 15) is 4.79 Å². The molecule has 0 aliphatic carbocycles. The summed E-state index contributed by atoms with van der Waals surface area (Å²) in [5.41, 5.74) is 3.50. The lowest BCUT2D eigenvalue weighted by Crippen LogP contribution is -2.51. The normalized spacial score (nSPS) is 18.5. The molecule has 1 aromatic carbocycles. The van der Waals surface area contributed by atoms with E-state index in [0.717, 1.165) is 28.9 Å². The Morgan fingerprint density at radius 2 is 1.97 bits per heavy atom. The van der Waals surface area contributed by atoms with Crippen LogP contribution in [0.2, 0.25) is 0 Å². The molecule has 35 heavy (non-hydrogen) atoms. The van der Waals surface area contributed by atoms with Crippen LogP contribution in [0.3, 0.4) is 0 Å². The first-order chi connectivity index (χ1) is 16.6. The van der Waals surface area contributed by atoms with E-state index in [0.29, 0.717) is 18.1 Å². The summed E-state index contributed by atoms with van der Waals surface area (Å²) < 4.78 is 8.04. The molecule has 0 spiro atoms. The van der Waals surface area contributed by atoms with Gasteiger partial charge in [0.1, 0.15) is 6.54 Å². The van der Waals surface area contributed by atoms with Gasteiger partial charge >= 0.3 is 0 Å². The van der Waals surface area contributed by atoms with E-state index in [-0.39, 0.29) is 29.5 Å². The maximum absolute atomic E-state index is 12.1. The molecule has 1 fully saturated rings. The molecule has 0 bridgehead atoms. The number of anilines is 2. The number of benzene rings is 1. The highest BCUT2D eigenvalue weighted by molar-refractivity contribution is 5.94. The van der Waals surface area contributed by atoms with Gasteiger partial charge in [-0.15, -0.1) is 0 Å². The molecular weight excluding hydrogens is 442 g/mol. The first-order valence-corrected chi connectivity index (χ1v) is 11.7. The average molecular weight is 474 g/mol. The Labute approximate surface area is 205 Å². The van der Waals surface area contributed by atoms with Gasteiger partial charge in [0.25, 0.3) is 5.91 Å². The highest BCUT2D eigenvalue weighted by Crippen LogP contribution is 2.48. The molecule has 182 valence electrons. The van der Waals surface area contributed by atoms with Crippen molar-refractivity contribution in [2.45, 2.75) is 52.7 Å². The number of carbonyl (C=O) groups excluding carboxylic acids is 1. The van der Waals surface area contributed by atoms with Crippen molar-refractivity contribution in [3.05, 3.63) is 54.0 Å². The summed E-state index contributed by atoms with van der Waals surface area (Å²) in [5.74, 6) is 0.181. The second-order valence-corrected chi connectivity index (χ2v) is 9.86. The third kappa shape index (κ3) is 4.88. The molecule has 4 rings (SSSR count). The van der Waals surface area contributed by atoms with E-state index in [1.54, 1.807) is 24.5 Å². The average Bonchev–Trinajstić information content (AvgIpc) is 3.28. The standard InChI is InChI=1S/C26H31N7O2/c1-17-14-29-24(32-22(17)18-6-8-19(9-7-18)23(34)28-12-11-27)31-20-15-30-33(16-20)21-10-13-35-26(4,5)25(21,2)3/h6-9,14-16,21H,10,12-13H2,1-5H3,(H,28,34)(H,29,31,32). The molecule has 9 heteroatoms. The number of nitrogens with zero attached hydrogens (tertiary/aromatic N) is 5. The minimum atomic E-state index is -0.284. The van der Waals surface area contributed by atoms with Gasteiger partial charge in [-0.2, -0.15) is 10.4 Å². The minimum absolute atomic E-state index is 0.0268. The number of ether oxygens (including phenoxy) is 1. The Balaban J connectivity index is 1.52. The number of aryl methyl sites for hydroxylation is 1. The summed E-state index contributed by atoms with van der Waals surface area (Å²) in [4.78, 5) is 21.2. The minimum Gasteiger partial charge on any atom is -0.375 e. The Morgan fingerprint density at radius 3 is 2.69 bits per heavy atom. The van der Waals surface area contributed by atoms with E-state index in [1.807, 2.05) is 36.0 Å².